The molecule has 3 rings (SSSR count). The molecule has 0 saturated carbocycles. The third-order valence-electron chi connectivity index (χ3n) is 3.30. The molecule has 3 aromatic heterocycles. The summed E-state index contributed by atoms with van der Waals surface area (Å²) >= 11 is 0. The van der Waals surface area contributed by atoms with Crippen molar-refractivity contribution in [1.29, 1.82) is 0 Å². The van der Waals surface area contributed by atoms with Gasteiger partial charge in [-0.3, -0.25) is 19.4 Å². The molecule has 3 aromatic rings. The summed E-state index contributed by atoms with van der Waals surface area (Å²) in [6, 6.07) is 1.75. The largest absolute Gasteiger partial charge is 0.422 e. The van der Waals surface area contributed by atoms with E-state index in [1.165, 1.54) is 6.20 Å². The number of aryl methyl sites for hydroxylation is 1. The van der Waals surface area contributed by atoms with Crippen LogP contribution >= 0.6 is 0 Å². The highest BCUT2D eigenvalue weighted by Crippen LogP contribution is 2.17. The van der Waals surface area contributed by atoms with Gasteiger partial charge in [-0.25, -0.2) is 0 Å². The van der Waals surface area contributed by atoms with Gasteiger partial charge in [-0.1, -0.05) is 0 Å². The average molecular weight is 314 g/mol. The fraction of sp³-hybridized carbons (Fsp3) is 0.333. The van der Waals surface area contributed by atoms with Crippen molar-refractivity contribution in [1.82, 2.24) is 29.6 Å². The first-order chi connectivity index (χ1) is 11.1. The topological polar surface area (TPSA) is 88.9 Å². The van der Waals surface area contributed by atoms with Crippen molar-refractivity contribution in [2.45, 2.75) is 13.0 Å². The maximum atomic E-state index is 12.0. The number of hydrogen-bond acceptors (Lipinski definition) is 6. The quantitative estimate of drug-likeness (QED) is 0.737. The first-order valence-electron chi connectivity index (χ1n) is 7.31. The van der Waals surface area contributed by atoms with Gasteiger partial charge in [0.05, 0.1) is 29.5 Å². The Hall–Kier alpha value is -2.74. The van der Waals surface area contributed by atoms with E-state index in [0.29, 0.717) is 16.7 Å². The Labute approximate surface area is 132 Å². The van der Waals surface area contributed by atoms with Crippen molar-refractivity contribution in [3.63, 3.8) is 0 Å². The number of pyridine rings is 1. The Balaban J connectivity index is 1.72. The van der Waals surface area contributed by atoms with Crippen molar-refractivity contribution in [3.8, 4) is 11.8 Å². The third kappa shape index (κ3) is 3.72. The third-order valence-corrected chi connectivity index (χ3v) is 3.30. The summed E-state index contributed by atoms with van der Waals surface area (Å²) in [6.07, 6.45) is 7.46. The molecule has 3 heterocycles. The number of hydrogen-bond donors (Lipinski definition) is 1. The van der Waals surface area contributed by atoms with Crippen LogP contribution < -0.4 is 10.3 Å². The van der Waals surface area contributed by atoms with Crippen LogP contribution in [0.5, 0.6) is 11.8 Å². The lowest BCUT2D eigenvalue weighted by molar-refractivity contribution is 0.380. The van der Waals surface area contributed by atoms with E-state index in [-0.39, 0.29) is 11.6 Å². The SMILES string of the molecule is CN(C)CCCn1cc(Oc2nc3cnccc3c(=O)[nH]2)cn1. The minimum absolute atomic E-state index is 0.128. The highest BCUT2D eigenvalue weighted by molar-refractivity contribution is 5.76. The van der Waals surface area contributed by atoms with Crippen LogP contribution in [0.25, 0.3) is 10.9 Å². The summed E-state index contributed by atoms with van der Waals surface area (Å²) in [5.41, 5.74) is 0.232. The molecule has 0 spiro atoms. The maximum Gasteiger partial charge on any atom is 0.302 e. The van der Waals surface area contributed by atoms with Gasteiger partial charge in [0.25, 0.3) is 5.56 Å². The molecule has 0 radical (unpaired) electrons. The molecule has 8 heteroatoms. The lowest BCUT2D eigenvalue weighted by Gasteiger charge is -2.08. The van der Waals surface area contributed by atoms with Crippen LogP contribution in [-0.4, -0.2) is 50.3 Å². The fourth-order valence-electron chi connectivity index (χ4n) is 2.20. The summed E-state index contributed by atoms with van der Waals surface area (Å²) in [5, 5.41) is 4.71. The van der Waals surface area contributed by atoms with E-state index in [1.807, 2.05) is 14.1 Å². The second kappa shape index (κ2) is 6.57. The number of aromatic amines is 1. The first kappa shape index (κ1) is 15.2. The molecule has 0 unspecified atom stereocenters. The van der Waals surface area contributed by atoms with Gasteiger partial charge < -0.3 is 9.64 Å². The lowest BCUT2D eigenvalue weighted by atomic mass is 10.3. The predicted octanol–water partition coefficient (Wildman–Crippen LogP) is 1.26. The molecule has 1 N–H and O–H groups in total. The smallest absolute Gasteiger partial charge is 0.302 e. The van der Waals surface area contributed by atoms with E-state index in [2.05, 4.69) is 25.0 Å². The molecule has 0 atom stereocenters. The van der Waals surface area contributed by atoms with Gasteiger partial charge in [0.2, 0.25) is 0 Å². The first-order valence-corrected chi connectivity index (χ1v) is 7.31. The molecular weight excluding hydrogens is 296 g/mol. The molecular formula is C15H18N6O2. The number of ether oxygens (including phenoxy) is 1. The summed E-state index contributed by atoms with van der Waals surface area (Å²) < 4.78 is 7.39. The molecule has 0 bridgehead atoms. The second-order valence-electron chi connectivity index (χ2n) is 5.46. The Morgan fingerprint density at radius 3 is 3.04 bits per heavy atom. The molecule has 0 aliphatic carbocycles. The number of rotatable bonds is 6. The molecule has 0 aromatic carbocycles. The van der Waals surface area contributed by atoms with E-state index in [9.17, 15) is 4.79 Å². The number of nitrogens with one attached hydrogen (secondary N) is 1. The van der Waals surface area contributed by atoms with Gasteiger partial charge in [-0.15, -0.1) is 0 Å². The monoisotopic (exact) mass is 314 g/mol. The van der Waals surface area contributed by atoms with Crippen LogP contribution in [0, 0.1) is 0 Å². The maximum absolute atomic E-state index is 12.0. The van der Waals surface area contributed by atoms with E-state index in [0.717, 1.165) is 19.5 Å². The summed E-state index contributed by atoms with van der Waals surface area (Å²) in [7, 11) is 4.07. The van der Waals surface area contributed by atoms with Crippen LogP contribution in [0.1, 0.15) is 6.42 Å². The number of aromatic nitrogens is 5. The van der Waals surface area contributed by atoms with Crippen LogP contribution in [0.3, 0.4) is 0 Å². The molecule has 0 fully saturated rings. The Morgan fingerprint density at radius 2 is 2.22 bits per heavy atom. The van der Waals surface area contributed by atoms with Crippen molar-refractivity contribution < 1.29 is 4.74 Å². The standard InChI is InChI=1S/C15H18N6O2/c1-20(2)6-3-7-21-10-11(8-17-21)23-15-18-13-9-16-5-4-12(13)14(22)19-15/h4-5,8-10H,3,6-7H2,1-2H3,(H,18,19,22). The van der Waals surface area contributed by atoms with E-state index in [4.69, 9.17) is 4.74 Å². The molecule has 8 nitrogen and oxygen atoms in total. The van der Waals surface area contributed by atoms with Gasteiger partial charge in [0.1, 0.15) is 0 Å². The van der Waals surface area contributed by atoms with Crippen LogP contribution in [0.15, 0.2) is 35.6 Å². The van der Waals surface area contributed by atoms with Crippen molar-refractivity contribution >= 4 is 10.9 Å². The van der Waals surface area contributed by atoms with Crippen molar-refractivity contribution in [2.75, 3.05) is 20.6 Å². The Morgan fingerprint density at radius 1 is 1.35 bits per heavy atom. The van der Waals surface area contributed by atoms with Gasteiger partial charge in [-0.2, -0.15) is 10.1 Å². The summed E-state index contributed by atoms with van der Waals surface area (Å²) in [6.45, 7) is 1.79. The molecule has 0 saturated heterocycles. The average Bonchev–Trinajstić information content (AvgIpc) is 2.94. The van der Waals surface area contributed by atoms with E-state index < -0.39 is 0 Å². The van der Waals surface area contributed by atoms with Crippen LogP contribution in [0.4, 0.5) is 0 Å². The number of nitrogens with zero attached hydrogens (tertiary/aromatic N) is 5. The van der Waals surface area contributed by atoms with Gasteiger partial charge in [0, 0.05) is 12.7 Å². The van der Waals surface area contributed by atoms with E-state index >= 15 is 0 Å². The van der Waals surface area contributed by atoms with Crippen LogP contribution in [-0.2, 0) is 6.54 Å². The molecule has 120 valence electrons. The highest BCUT2D eigenvalue weighted by Gasteiger charge is 2.07. The number of H-pyrrole nitrogens is 1. The fourth-order valence-corrected chi connectivity index (χ4v) is 2.20. The Kier molecular flexibility index (Phi) is 4.33. The normalized spacial score (nSPS) is 11.3. The minimum Gasteiger partial charge on any atom is -0.422 e. The second-order valence-corrected chi connectivity index (χ2v) is 5.46. The van der Waals surface area contributed by atoms with Gasteiger partial charge >= 0.3 is 6.01 Å². The zero-order valence-electron chi connectivity index (χ0n) is 13.1. The zero-order chi connectivity index (χ0) is 16.2. The predicted molar refractivity (Wildman–Crippen MR) is 85.6 cm³/mol. The van der Waals surface area contributed by atoms with E-state index in [1.54, 1.807) is 29.3 Å². The molecule has 0 aliphatic heterocycles. The van der Waals surface area contributed by atoms with Crippen LogP contribution in [0.2, 0.25) is 0 Å². The highest BCUT2D eigenvalue weighted by atomic mass is 16.5. The molecule has 0 aliphatic rings. The van der Waals surface area contributed by atoms with Gasteiger partial charge in [0.15, 0.2) is 5.75 Å². The molecule has 0 amide bonds. The van der Waals surface area contributed by atoms with Crippen molar-refractivity contribution in [2.24, 2.45) is 0 Å². The summed E-state index contributed by atoms with van der Waals surface area (Å²) in [5.74, 6) is 0.529. The minimum atomic E-state index is -0.259. The zero-order valence-corrected chi connectivity index (χ0v) is 13.1. The Bertz CT molecular complexity index is 854. The van der Waals surface area contributed by atoms with Crippen molar-refractivity contribution in [3.05, 3.63) is 41.2 Å². The number of fused-ring (bicyclic) bond motifs is 1. The molecule has 23 heavy (non-hydrogen) atoms. The lowest BCUT2D eigenvalue weighted by Crippen LogP contribution is -2.15. The summed E-state index contributed by atoms with van der Waals surface area (Å²) in [4.78, 5) is 24.9. The van der Waals surface area contributed by atoms with Gasteiger partial charge in [-0.05, 0) is 33.1 Å².